The number of benzene rings is 2. The fourth-order valence-electron chi connectivity index (χ4n) is 4.25. The molecular formula is C27H29F3N2O5. The molecule has 2 heterocycles. The van der Waals surface area contributed by atoms with Gasteiger partial charge >= 0.3 is 12.1 Å². The molecule has 0 radical (unpaired) electrons. The van der Waals surface area contributed by atoms with Crippen LogP contribution in [0.15, 0.2) is 47.1 Å². The average molecular weight is 519 g/mol. The van der Waals surface area contributed by atoms with Crippen molar-refractivity contribution in [3.8, 4) is 11.5 Å². The van der Waals surface area contributed by atoms with E-state index in [1.807, 2.05) is 42.0 Å². The van der Waals surface area contributed by atoms with Gasteiger partial charge < -0.3 is 23.3 Å². The summed E-state index contributed by atoms with van der Waals surface area (Å²) in [5.74, 6) is 0.976. The van der Waals surface area contributed by atoms with Crippen LogP contribution in [0.5, 0.6) is 11.5 Å². The maximum atomic E-state index is 13.2. The summed E-state index contributed by atoms with van der Waals surface area (Å²) in [5.41, 5.74) is 0.629. The molecule has 0 aliphatic rings. The zero-order chi connectivity index (χ0) is 26.4. The van der Waals surface area contributed by atoms with Crippen LogP contribution in [0, 0.1) is 0 Å². The summed E-state index contributed by atoms with van der Waals surface area (Å²) in [6.45, 7) is 5.30. The summed E-state index contributed by atoms with van der Waals surface area (Å²) in [6.07, 6.45) is -0.599. The Labute approximate surface area is 212 Å². The van der Waals surface area contributed by atoms with Crippen molar-refractivity contribution in [2.24, 2.45) is 0 Å². The highest BCUT2D eigenvalue weighted by molar-refractivity contribution is 5.87. The minimum atomic E-state index is -4.58. The third kappa shape index (κ3) is 6.00. The van der Waals surface area contributed by atoms with Gasteiger partial charge in [-0.05, 0) is 43.7 Å². The number of aromatic nitrogens is 2. The lowest BCUT2D eigenvalue weighted by molar-refractivity contribution is -0.143. The van der Waals surface area contributed by atoms with E-state index in [2.05, 4.69) is 5.16 Å². The van der Waals surface area contributed by atoms with Crippen LogP contribution in [0.4, 0.5) is 13.2 Å². The quantitative estimate of drug-likeness (QED) is 0.156. The zero-order valence-corrected chi connectivity index (χ0v) is 20.8. The molecule has 0 saturated carbocycles. The van der Waals surface area contributed by atoms with Gasteiger partial charge in [0.1, 0.15) is 11.5 Å². The first-order valence-electron chi connectivity index (χ1n) is 12.3. The monoisotopic (exact) mass is 518 g/mol. The predicted molar refractivity (Wildman–Crippen MR) is 132 cm³/mol. The predicted octanol–water partition coefficient (Wildman–Crippen LogP) is 6.55. The van der Waals surface area contributed by atoms with Gasteiger partial charge in [-0.2, -0.15) is 13.2 Å². The van der Waals surface area contributed by atoms with E-state index < -0.39 is 11.9 Å². The third-order valence-corrected chi connectivity index (χ3v) is 5.91. The molecule has 0 saturated heterocycles. The number of esters is 1. The van der Waals surface area contributed by atoms with E-state index in [1.165, 1.54) is 6.07 Å². The van der Waals surface area contributed by atoms with Crippen LogP contribution in [-0.2, 0) is 28.7 Å². The van der Waals surface area contributed by atoms with Crippen molar-refractivity contribution in [3.63, 3.8) is 0 Å². The molecule has 0 aliphatic carbocycles. The van der Waals surface area contributed by atoms with Crippen LogP contribution in [-0.4, -0.2) is 35.5 Å². The van der Waals surface area contributed by atoms with Gasteiger partial charge in [0.15, 0.2) is 11.3 Å². The summed E-state index contributed by atoms with van der Waals surface area (Å²) in [4.78, 5) is 11.7. The normalized spacial score (nSPS) is 11.8. The van der Waals surface area contributed by atoms with E-state index in [9.17, 15) is 18.0 Å². The summed E-state index contributed by atoms with van der Waals surface area (Å²) in [6, 6.07) is 10.6. The van der Waals surface area contributed by atoms with Gasteiger partial charge in [-0.25, -0.2) is 0 Å². The number of hydrogen-bond acceptors (Lipinski definition) is 6. The average Bonchev–Trinajstić information content (AvgIpc) is 3.49. The second-order valence-electron chi connectivity index (χ2n) is 8.50. The highest BCUT2D eigenvalue weighted by atomic mass is 19.4. The van der Waals surface area contributed by atoms with Gasteiger partial charge in [0.05, 0.1) is 37.1 Å². The molecule has 4 rings (SSSR count). The lowest BCUT2D eigenvalue weighted by atomic mass is 10.0. The van der Waals surface area contributed by atoms with Crippen LogP contribution < -0.4 is 9.47 Å². The number of rotatable bonds is 12. The fraction of sp³-hybridized carbons (Fsp3) is 0.407. The van der Waals surface area contributed by atoms with E-state index in [4.69, 9.17) is 18.7 Å². The standard InChI is InChI=1S/C27H29F3N2O5/c1-3-7-19-23(11-10-20-25(19)37-31-26(20)27(28,29)30)36-17-6-16-35-22-9-5-8-21-18(22)12-14-32(21)15-13-24(33)34-4-2/h5,8-12,14H,3-4,6-7,13,15-17H2,1-2H3. The van der Waals surface area contributed by atoms with Crippen LogP contribution in [0.2, 0.25) is 0 Å². The molecule has 2 aromatic carbocycles. The summed E-state index contributed by atoms with van der Waals surface area (Å²) in [7, 11) is 0. The first-order chi connectivity index (χ1) is 17.8. The number of alkyl halides is 3. The van der Waals surface area contributed by atoms with Crippen LogP contribution >= 0.6 is 0 Å². The fourth-order valence-corrected chi connectivity index (χ4v) is 4.25. The molecule has 10 heteroatoms. The lowest BCUT2D eigenvalue weighted by Crippen LogP contribution is -2.08. The number of carbonyl (C=O) groups is 1. The Kier molecular flexibility index (Phi) is 8.25. The Morgan fingerprint density at radius 1 is 1.03 bits per heavy atom. The van der Waals surface area contributed by atoms with E-state index in [0.29, 0.717) is 56.9 Å². The van der Waals surface area contributed by atoms with Gasteiger partial charge in [-0.15, -0.1) is 0 Å². The van der Waals surface area contributed by atoms with E-state index in [1.54, 1.807) is 13.0 Å². The molecule has 37 heavy (non-hydrogen) atoms. The number of halogens is 3. The molecule has 0 unspecified atom stereocenters. The Morgan fingerprint density at radius 3 is 2.54 bits per heavy atom. The minimum Gasteiger partial charge on any atom is -0.493 e. The molecule has 0 aliphatic heterocycles. The molecule has 0 spiro atoms. The largest absolute Gasteiger partial charge is 0.493 e. The van der Waals surface area contributed by atoms with Gasteiger partial charge in [0.25, 0.3) is 0 Å². The molecule has 198 valence electrons. The van der Waals surface area contributed by atoms with Crippen molar-refractivity contribution in [3.05, 3.63) is 53.9 Å². The van der Waals surface area contributed by atoms with Crippen molar-refractivity contribution in [1.29, 1.82) is 0 Å². The first kappa shape index (κ1) is 26.4. The molecule has 4 aromatic rings. The van der Waals surface area contributed by atoms with E-state index in [0.717, 1.165) is 16.7 Å². The maximum Gasteiger partial charge on any atom is 0.437 e. The first-order valence-corrected chi connectivity index (χ1v) is 12.3. The molecule has 0 amide bonds. The zero-order valence-electron chi connectivity index (χ0n) is 20.8. The number of aryl methyl sites for hydroxylation is 2. The number of carbonyl (C=O) groups excluding carboxylic acids is 1. The van der Waals surface area contributed by atoms with Gasteiger partial charge in [0, 0.05) is 30.1 Å². The summed E-state index contributed by atoms with van der Waals surface area (Å²) < 4.78 is 63.6. The lowest BCUT2D eigenvalue weighted by Gasteiger charge is -2.12. The van der Waals surface area contributed by atoms with Crippen molar-refractivity contribution in [2.45, 2.75) is 52.3 Å². The van der Waals surface area contributed by atoms with Crippen LogP contribution in [0.25, 0.3) is 21.9 Å². The molecule has 0 atom stereocenters. The third-order valence-electron chi connectivity index (χ3n) is 5.91. The Balaban J connectivity index is 1.36. The second-order valence-corrected chi connectivity index (χ2v) is 8.50. The highest BCUT2D eigenvalue weighted by Crippen LogP contribution is 2.38. The van der Waals surface area contributed by atoms with Crippen LogP contribution in [0.1, 0.15) is 44.4 Å². The number of fused-ring (bicyclic) bond motifs is 2. The van der Waals surface area contributed by atoms with Crippen molar-refractivity contribution in [2.75, 3.05) is 19.8 Å². The SMILES string of the molecule is CCCc1c(OCCCOc2cccc3c2ccn3CCC(=O)OCC)ccc2c(C(F)(F)F)noc12. The number of ether oxygens (including phenoxy) is 3. The van der Waals surface area contributed by atoms with Crippen LogP contribution in [0.3, 0.4) is 0 Å². The molecule has 0 N–H and O–H groups in total. The van der Waals surface area contributed by atoms with Gasteiger partial charge in [-0.3, -0.25) is 4.79 Å². The van der Waals surface area contributed by atoms with E-state index >= 15 is 0 Å². The Bertz CT molecular complexity index is 1360. The molecule has 2 aromatic heterocycles. The van der Waals surface area contributed by atoms with E-state index in [-0.39, 0.29) is 23.4 Å². The maximum absolute atomic E-state index is 13.2. The summed E-state index contributed by atoms with van der Waals surface area (Å²) >= 11 is 0. The molecule has 0 fully saturated rings. The van der Waals surface area contributed by atoms with Gasteiger partial charge in [-0.1, -0.05) is 24.6 Å². The highest BCUT2D eigenvalue weighted by Gasteiger charge is 2.37. The summed E-state index contributed by atoms with van der Waals surface area (Å²) in [5, 5.41) is 4.13. The molecular weight excluding hydrogens is 489 g/mol. The minimum absolute atomic E-state index is 0.0612. The van der Waals surface area contributed by atoms with Gasteiger partial charge in [0.2, 0.25) is 0 Å². The Morgan fingerprint density at radius 2 is 1.81 bits per heavy atom. The van der Waals surface area contributed by atoms with Crippen molar-refractivity contribution >= 4 is 27.8 Å². The molecule has 0 bridgehead atoms. The van der Waals surface area contributed by atoms with Crippen molar-refractivity contribution < 1.29 is 36.7 Å². The second kappa shape index (κ2) is 11.6. The number of hydrogen-bond donors (Lipinski definition) is 0. The smallest absolute Gasteiger partial charge is 0.437 e. The Hall–Kier alpha value is -3.69. The topological polar surface area (TPSA) is 75.7 Å². The number of nitrogens with zero attached hydrogens (tertiary/aromatic N) is 2. The molecule has 7 nitrogen and oxygen atoms in total. The van der Waals surface area contributed by atoms with Crippen molar-refractivity contribution in [1.82, 2.24) is 9.72 Å².